The van der Waals surface area contributed by atoms with Gasteiger partial charge in [0.1, 0.15) is 5.82 Å². The fourth-order valence-electron chi connectivity index (χ4n) is 2.43. The van der Waals surface area contributed by atoms with Crippen molar-refractivity contribution in [1.29, 1.82) is 0 Å². The number of hydrogen-bond donors (Lipinski definition) is 0. The van der Waals surface area contributed by atoms with Crippen LogP contribution in [0.2, 0.25) is 5.02 Å². The van der Waals surface area contributed by atoms with E-state index in [4.69, 9.17) is 25.8 Å². The summed E-state index contributed by atoms with van der Waals surface area (Å²) >= 11 is 5.87. The van der Waals surface area contributed by atoms with E-state index >= 15 is 0 Å². The SMILES string of the molecule is O=C(/C=C\c1c(F)cccc1Cl)OCC(=O)c1ccc2c(c1)OCCCO2. The van der Waals surface area contributed by atoms with E-state index in [9.17, 15) is 14.0 Å². The van der Waals surface area contributed by atoms with Gasteiger partial charge in [0.15, 0.2) is 23.9 Å². The molecule has 0 saturated carbocycles. The van der Waals surface area contributed by atoms with Crippen molar-refractivity contribution in [2.75, 3.05) is 19.8 Å². The Morgan fingerprint density at radius 2 is 1.93 bits per heavy atom. The Balaban J connectivity index is 1.59. The zero-order valence-corrected chi connectivity index (χ0v) is 15.0. The topological polar surface area (TPSA) is 61.8 Å². The lowest BCUT2D eigenvalue weighted by atomic mass is 10.1. The van der Waals surface area contributed by atoms with Gasteiger partial charge in [-0.15, -0.1) is 0 Å². The minimum Gasteiger partial charge on any atom is -0.490 e. The van der Waals surface area contributed by atoms with E-state index in [2.05, 4.69) is 0 Å². The number of rotatable bonds is 5. The van der Waals surface area contributed by atoms with Crippen LogP contribution in [-0.4, -0.2) is 31.6 Å². The van der Waals surface area contributed by atoms with Gasteiger partial charge in [0.25, 0.3) is 0 Å². The average Bonchev–Trinajstić information content (AvgIpc) is 2.90. The van der Waals surface area contributed by atoms with Crippen LogP contribution in [0.4, 0.5) is 4.39 Å². The third-order valence-electron chi connectivity index (χ3n) is 3.80. The van der Waals surface area contributed by atoms with E-state index in [1.165, 1.54) is 24.3 Å². The molecule has 5 nitrogen and oxygen atoms in total. The Kier molecular flexibility index (Phi) is 6.08. The van der Waals surface area contributed by atoms with Crippen LogP contribution in [0.15, 0.2) is 42.5 Å². The Bertz CT molecular complexity index is 874. The summed E-state index contributed by atoms with van der Waals surface area (Å²) in [4.78, 5) is 24.0. The summed E-state index contributed by atoms with van der Waals surface area (Å²) in [5.74, 6) is -0.673. The van der Waals surface area contributed by atoms with Gasteiger partial charge in [0, 0.05) is 23.6 Å². The summed E-state index contributed by atoms with van der Waals surface area (Å²) in [6.07, 6.45) is 2.98. The molecule has 2 aromatic carbocycles. The van der Waals surface area contributed by atoms with Gasteiger partial charge in [-0.25, -0.2) is 9.18 Å². The first-order valence-corrected chi connectivity index (χ1v) is 8.64. The molecule has 1 aliphatic rings. The molecule has 0 unspecified atom stereocenters. The fraction of sp³-hybridized carbons (Fsp3) is 0.200. The Labute approximate surface area is 160 Å². The summed E-state index contributed by atoms with van der Waals surface area (Å²) in [6.45, 7) is 0.604. The minimum atomic E-state index is -0.781. The lowest BCUT2D eigenvalue weighted by molar-refractivity contribution is -0.136. The second-order valence-corrected chi connectivity index (χ2v) is 6.12. The summed E-state index contributed by atoms with van der Waals surface area (Å²) < 4.78 is 29.6. The highest BCUT2D eigenvalue weighted by Crippen LogP contribution is 2.30. The highest BCUT2D eigenvalue weighted by atomic mass is 35.5. The van der Waals surface area contributed by atoms with Crippen LogP contribution in [0.5, 0.6) is 11.5 Å². The van der Waals surface area contributed by atoms with Crippen LogP contribution < -0.4 is 9.47 Å². The second kappa shape index (κ2) is 8.68. The maximum atomic E-state index is 13.6. The normalized spacial score (nSPS) is 13.3. The van der Waals surface area contributed by atoms with Crippen molar-refractivity contribution in [2.24, 2.45) is 0 Å². The van der Waals surface area contributed by atoms with Crippen LogP contribution in [0.3, 0.4) is 0 Å². The smallest absolute Gasteiger partial charge is 0.331 e. The van der Waals surface area contributed by atoms with Gasteiger partial charge < -0.3 is 14.2 Å². The second-order valence-electron chi connectivity index (χ2n) is 5.71. The first-order chi connectivity index (χ1) is 13.0. The summed E-state index contributed by atoms with van der Waals surface area (Å²) in [5, 5.41) is 0.169. The van der Waals surface area contributed by atoms with Crippen molar-refractivity contribution in [2.45, 2.75) is 6.42 Å². The van der Waals surface area contributed by atoms with Crippen molar-refractivity contribution in [3.8, 4) is 11.5 Å². The number of hydrogen-bond acceptors (Lipinski definition) is 5. The van der Waals surface area contributed by atoms with Crippen LogP contribution in [0, 0.1) is 5.82 Å². The Hall–Kier alpha value is -2.86. The molecular weight excluding hydrogens is 375 g/mol. The molecule has 2 aromatic rings. The predicted molar refractivity (Wildman–Crippen MR) is 97.8 cm³/mol. The zero-order chi connectivity index (χ0) is 19.2. The van der Waals surface area contributed by atoms with Crippen molar-refractivity contribution in [3.05, 3.63) is 64.4 Å². The zero-order valence-electron chi connectivity index (χ0n) is 14.2. The number of halogens is 2. The third-order valence-corrected chi connectivity index (χ3v) is 4.13. The molecule has 140 valence electrons. The minimum absolute atomic E-state index is 0.0744. The third kappa shape index (κ3) is 4.86. The van der Waals surface area contributed by atoms with Gasteiger partial charge in [-0.1, -0.05) is 17.7 Å². The highest BCUT2D eigenvalue weighted by Gasteiger charge is 2.15. The molecule has 3 rings (SSSR count). The fourth-order valence-corrected chi connectivity index (χ4v) is 2.65. The van der Waals surface area contributed by atoms with Crippen molar-refractivity contribution >= 4 is 29.4 Å². The highest BCUT2D eigenvalue weighted by molar-refractivity contribution is 6.32. The molecule has 0 radical (unpaired) electrons. The molecule has 0 fully saturated rings. The quantitative estimate of drug-likeness (QED) is 0.437. The summed E-state index contributed by atoms with van der Waals surface area (Å²) in [6, 6.07) is 8.98. The first-order valence-electron chi connectivity index (χ1n) is 8.26. The molecule has 27 heavy (non-hydrogen) atoms. The number of carbonyl (C=O) groups excluding carboxylic acids is 2. The molecule has 0 aliphatic carbocycles. The monoisotopic (exact) mass is 390 g/mol. The molecule has 7 heteroatoms. The van der Waals surface area contributed by atoms with Crippen molar-refractivity contribution in [1.82, 2.24) is 0 Å². The molecule has 0 amide bonds. The molecule has 0 atom stereocenters. The lowest BCUT2D eigenvalue weighted by Gasteiger charge is -2.09. The van der Waals surface area contributed by atoms with Crippen LogP contribution in [0.1, 0.15) is 22.3 Å². The van der Waals surface area contributed by atoms with Crippen LogP contribution in [0.25, 0.3) is 6.08 Å². The van der Waals surface area contributed by atoms with E-state index in [0.717, 1.165) is 12.5 Å². The lowest BCUT2D eigenvalue weighted by Crippen LogP contribution is -2.12. The van der Waals surface area contributed by atoms with Gasteiger partial charge in [-0.05, 0) is 36.4 Å². The van der Waals surface area contributed by atoms with Gasteiger partial charge in [0.05, 0.1) is 18.2 Å². The molecule has 0 spiro atoms. The van der Waals surface area contributed by atoms with Gasteiger partial charge in [-0.3, -0.25) is 4.79 Å². The van der Waals surface area contributed by atoms with Crippen LogP contribution in [-0.2, 0) is 9.53 Å². The number of carbonyl (C=O) groups is 2. The molecule has 1 aliphatic heterocycles. The van der Waals surface area contributed by atoms with Gasteiger partial charge in [0.2, 0.25) is 0 Å². The number of ether oxygens (including phenoxy) is 3. The van der Waals surface area contributed by atoms with Gasteiger partial charge in [-0.2, -0.15) is 0 Å². The van der Waals surface area contributed by atoms with E-state index in [1.807, 2.05) is 0 Å². The summed E-state index contributed by atoms with van der Waals surface area (Å²) in [7, 11) is 0. The summed E-state index contributed by atoms with van der Waals surface area (Å²) in [5.41, 5.74) is 0.415. The standard InChI is InChI=1S/C20H16ClFO5/c21-15-3-1-4-16(22)14(15)6-8-20(24)27-12-17(23)13-5-7-18-19(11-13)26-10-2-9-25-18/h1,3-8,11H,2,9-10,12H2/b8-6-. The molecule has 0 aromatic heterocycles. The van der Waals surface area contributed by atoms with Gasteiger partial charge >= 0.3 is 5.97 Å². The van der Waals surface area contributed by atoms with E-state index < -0.39 is 24.2 Å². The first kappa shape index (κ1) is 18.9. The number of esters is 1. The molecule has 0 bridgehead atoms. The van der Waals surface area contributed by atoms with Crippen LogP contribution >= 0.6 is 11.6 Å². The maximum Gasteiger partial charge on any atom is 0.331 e. The largest absolute Gasteiger partial charge is 0.490 e. The number of ketones is 1. The molecule has 0 saturated heterocycles. The van der Waals surface area contributed by atoms with Crippen molar-refractivity contribution in [3.63, 3.8) is 0 Å². The number of Topliss-reactive ketones (excluding diaryl/α,β-unsaturated/α-hetero) is 1. The van der Waals surface area contributed by atoms with E-state index in [-0.39, 0.29) is 10.6 Å². The number of benzene rings is 2. The Morgan fingerprint density at radius 1 is 1.15 bits per heavy atom. The molecule has 1 heterocycles. The van der Waals surface area contributed by atoms with Crippen molar-refractivity contribution < 1.29 is 28.2 Å². The molecule has 0 N–H and O–H groups in total. The van der Waals surface area contributed by atoms with E-state index in [0.29, 0.717) is 30.3 Å². The maximum absolute atomic E-state index is 13.6. The average molecular weight is 391 g/mol. The van der Waals surface area contributed by atoms with E-state index in [1.54, 1.807) is 18.2 Å². The molecular formula is C20H16ClFO5. The predicted octanol–water partition coefficient (Wildman–Crippen LogP) is 4.08. The Morgan fingerprint density at radius 3 is 2.70 bits per heavy atom. The number of fused-ring (bicyclic) bond motifs is 1.